The molecule has 1 amide bonds. The molecule has 1 aromatic heterocycles. The van der Waals surface area contributed by atoms with E-state index in [2.05, 4.69) is 17.1 Å². The van der Waals surface area contributed by atoms with Gasteiger partial charge in [0.25, 0.3) is 0 Å². The minimum absolute atomic E-state index is 0.0355. The third-order valence-corrected chi connectivity index (χ3v) is 8.83. The Hall–Kier alpha value is -3.04. The Labute approximate surface area is 206 Å². The molecule has 1 fully saturated rings. The van der Waals surface area contributed by atoms with E-state index in [1.807, 2.05) is 36.4 Å². The first-order valence-electron chi connectivity index (χ1n) is 12.3. The van der Waals surface area contributed by atoms with Crippen LogP contribution in [-0.2, 0) is 40.5 Å². The van der Waals surface area contributed by atoms with Gasteiger partial charge >= 0.3 is 0 Å². The van der Waals surface area contributed by atoms with E-state index in [0.717, 1.165) is 36.8 Å². The van der Waals surface area contributed by atoms with Gasteiger partial charge < -0.3 is 9.42 Å². The molecular weight excluding hydrogens is 464 g/mol. The molecule has 0 radical (unpaired) electrons. The van der Waals surface area contributed by atoms with Gasteiger partial charge in [-0.25, -0.2) is 8.42 Å². The van der Waals surface area contributed by atoms with Crippen LogP contribution in [-0.4, -0.2) is 59.8 Å². The quantitative estimate of drug-likeness (QED) is 0.500. The van der Waals surface area contributed by atoms with E-state index < -0.39 is 10.0 Å². The van der Waals surface area contributed by atoms with Crippen LogP contribution in [0.15, 0.2) is 51.9 Å². The van der Waals surface area contributed by atoms with Crippen LogP contribution >= 0.6 is 0 Å². The summed E-state index contributed by atoms with van der Waals surface area (Å²) in [6.07, 6.45) is 4.60. The molecule has 0 bridgehead atoms. The van der Waals surface area contributed by atoms with Crippen molar-refractivity contribution in [1.29, 1.82) is 0 Å². The van der Waals surface area contributed by atoms with E-state index >= 15 is 0 Å². The zero-order valence-corrected chi connectivity index (χ0v) is 20.8. The average Bonchev–Trinajstić information content (AvgIpc) is 3.56. The highest BCUT2D eigenvalue weighted by molar-refractivity contribution is 7.89. The first-order chi connectivity index (χ1) is 16.9. The van der Waals surface area contributed by atoms with Crippen molar-refractivity contribution in [2.45, 2.75) is 50.3 Å². The van der Waals surface area contributed by atoms with Crippen molar-refractivity contribution in [2.75, 3.05) is 26.2 Å². The topological polar surface area (TPSA) is 96.6 Å². The number of piperazine rings is 1. The van der Waals surface area contributed by atoms with E-state index in [0.29, 0.717) is 49.2 Å². The monoisotopic (exact) mass is 494 g/mol. The second kappa shape index (κ2) is 9.91. The summed E-state index contributed by atoms with van der Waals surface area (Å²) < 4.78 is 33.1. The Morgan fingerprint density at radius 1 is 1.00 bits per heavy atom. The van der Waals surface area contributed by atoms with Crippen molar-refractivity contribution in [1.82, 2.24) is 19.3 Å². The van der Waals surface area contributed by atoms with Crippen LogP contribution < -0.4 is 0 Å². The van der Waals surface area contributed by atoms with Crippen molar-refractivity contribution in [2.24, 2.45) is 0 Å². The van der Waals surface area contributed by atoms with Crippen LogP contribution in [0, 0.1) is 0 Å². The number of nitrogens with zero attached hydrogens (tertiary/aromatic N) is 4. The molecule has 9 heteroatoms. The van der Waals surface area contributed by atoms with Gasteiger partial charge in [-0.3, -0.25) is 4.79 Å². The Kier molecular flexibility index (Phi) is 6.71. The molecule has 184 valence electrons. The molecule has 1 saturated heterocycles. The number of fused-ring (bicyclic) bond motifs is 1. The van der Waals surface area contributed by atoms with Gasteiger partial charge in [0.2, 0.25) is 27.6 Å². The zero-order valence-electron chi connectivity index (χ0n) is 19.9. The fourth-order valence-corrected chi connectivity index (χ4v) is 6.24. The minimum Gasteiger partial charge on any atom is -0.340 e. The summed E-state index contributed by atoms with van der Waals surface area (Å²) in [7, 11) is -3.55. The SMILES string of the molecule is CCc1ccc(-c2noc(CCC(=O)N3CCN(S(=O)(=O)c4ccc5c(c4)CCC5)CC3)n2)cc1. The van der Waals surface area contributed by atoms with E-state index in [1.54, 1.807) is 11.0 Å². The van der Waals surface area contributed by atoms with Gasteiger partial charge in [-0.05, 0) is 54.5 Å². The van der Waals surface area contributed by atoms with Crippen molar-refractivity contribution in [3.63, 3.8) is 0 Å². The zero-order chi connectivity index (χ0) is 24.4. The van der Waals surface area contributed by atoms with Gasteiger partial charge in [-0.15, -0.1) is 0 Å². The third kappa shape index (κ3) is 5.01. The molecule has 2 aromatic carbocycles. The van der Waals surface area contributed by atoms with Gasteiger partial charge in [-0.2, -0.15) is 9.29 Å². The van der Waals surface area contributed by atoms with Crippen LogP contribution in [0.3, 0.4) is 0 Å². The number of benzene rings is 2. The van der Waals surface area contributed by atoms with Crippen molar-refractivity contribution in [3.05, 3.63) is 65.0 Å². The first-order valence-corrected chi connectivity index (χ1v) is 13.7. The number of carbonyl (C=O) groups excluding carboxylic acids is 1. The molecule has 5 rings (SSSR count). The Morgan fingerprint density at radius 2 is 1.74 bits per heavy atom. The van der Waals surface area contributed by atoms with Gasteiger partial charge in [0.15, 0.2) is 0 Å². The van der Waals surface area contributed by atoms with Gasteiger partial charge in [0.05, 0.1) is 4.90 Å². The Balaban J connectivity index is 1.14. The molecule has 0 unspecified atom stereocenters. The highest BCUT2D eigenvalue weighted by Crippen LogP contribution is 2.27. The van der Waals surface area contributed by atoms with E-state index in [4.69, 9.17) is 4.52 Å². The Morgan fingerprint density at radius 3 is 2.49 bits per heavy atom. The fourth-order valence-electron chi connectivity index (χ4n) is 4.77. The van der Waals surface area contributed by atoms with Crippen molar-refractivity contribution >= 4 is 15.9 Å². The molecule has 2 aliphatic rings. The Bertz CT molecular complexity index is 1310. The number of hydrogen-bond acceptors (Lipinski definition) is 6. The van der Waals surface area contributed by atoms with Crippen LogP contribution in [0.1, 0.15) is 42.3 Å². The van der Waals surface area contributed by atoms with E-state index in [9.17, 15) is 13.2 Å². The van der Waals surface area contributed by atoms with Crippen LogP contribution in [0.4, 0.5) is 0 Å². The van der Waals surface area contributed by atoms with Crippen LogP contribution in [0.25, 0.3) is 11.4 Å². The molecule has 0 saturated carbocycles. The van der Waals surface area contributed by atoms with Gasteiger partial charge in [0.1, 0.15) is 0 Å². The molecule has 3 aromatic rings. The van der Waals surface area contributed by atoms with E-state index in [-0.39, 0.29) is 12.3 Å². The number of aromatic nitrogens is 2. The average molecular weight is 495 g/mol. The lowest BCUT2D eigenvalue weighted by Crippen LogP contribution is -2.50. The second-order valence-corrected chi connectivity index (χ2v) is 11.1. The number of sulfonamides is 1. The van der Waals surface area contributed by atoms with Crippen molar-refractivity contribution in [3.8, 4) is 11.4 Å². The molecular formula is C26H30N4O4S. The molecule has 1 aliphatic carbocycles. The number of carbonyl (C=O) groups is 1. The van der Waals surface area contributed by atoms with Gasteiger partial charge in [0, 0.05) is 44.6 Å². The molecule has 1 aliphatic heterocycles. The molecule has 0 N–H and O–H groups in total. The lowest BCUT2D eigenvalue weighted by molar-refractivity contribution is -0.132. The summed E-state index contributed by atoms with van der Waals surface area (Å²) in [5, 5.41) is 4.04. The first kappa shape index (κ1) is 23.7. The minimum atomic E-state index is -3.55. The summed E-state index contributed by atoms with van der Waals surface area (Å²) in [6, 6.07) is 13.5. The molecule has 35 heavy (non-hydrogen) atoms. The maximum absolute atomic E-state index is 13.1. The number of amides is 1. The fraction of sp³-hybridized carbons (Fsp3) is 0.423. The van der Waals surface area contributed by atoms with E-state index in [1.165, 1.54) is 15.4 Å². The van der Waals surface area contributed by atoms with Gasteiger partial charge in [-0.1, -0.05) is 42.4 Å². The van der Waals surface area contributed by atoms with Crippen molar-refractivity contribution < 1.29 is 17.7 Å². The normalized spacial score (nSPS) is 16.4. The standard InChI is InChI=1S/C26H30N4O4S/c1-2-19-6-8-21(9-7-19)26-27-24(34-28-26)12-13-25(31)29-14-16-30(17-15-29)35(32,33)23-11-10-20-4-3-5-22(20)18-23/h6-11,18H,2-5,12-17H2,1H3. The summed E-state index contributed by atoms with van der Waals surface area (Å²) in [6.45, 7) is 3.45. The smallest absolute Gasteiger partial charge is 0.243 e. The summed E-state index contributed by atoms with van der Waals surface area (Å²) in [5.41, 5.74) is 4.51. The number of rotatable bonds is 7. The predicted molar refractivity (Wildman–Crippen MR) is 131 cm³/mol. The third-order valence-electron chi connectivity index (χ3n) is 6.94. The lowest BCUT2D eigenvalue weighted by Gasteiger charge is -2.34. The predicted octanol–water partition coefficient (Wildman–Crippen LogP) is 3.25. The lowest BCUT2D eigenvalue weighted by atomic mass is 10.1. The molecule has 8 nitrogen and oxygen atoms in total. The maximum Gasteiger partial charge on any atom is 0.243 e. The summed E-state index contributed by atoms with van der Waals surface area (Å²) >= 11 is 0. The van der Waals surface area contributed by atoms with Crippen LogP contribution in [0.2, 0.25) is 0 Å². The highest BCUT2D eigenvalue weighted by Gasteiger charge is 2.31. The second-order valence-electron chi connectivity index (χ2n) is 9.13. The number of hydrogen-bond donors (Lipinski definition) is 0. The molecule has 0 spiro atoms. The number of aryl methyl sites for hydroxylation is 4. The molecule has 0 atom stereocenters. The van der Waals surface area contributed by atoms with Crippen LogP contribution in [0.5, 0.6) is 0 Å². The largest absolute Gasteiger partial charge is 0.340 e. The molecule has 2 heterocycles. The summed E-state index contributed by atoms with van der Waals surface area (Å²) in [4.78, 5) is 19.2. The highest BCUT2D eigenvalue weighted by atomic mass is 32.2. The summed E-state index contributed by atoms with van der Waals surface area (Å²) in [5.74, 6) is 0.901. The maximum atomic E-state index is 13.1.